The van der Waals surface area contributed by atoms with Crippen LogP contribution in [0.2, 0.25) is 0 Å². The minimum atomic E-state index is -0.0739. The molecular formula is C21H20N4O2. The van der Waals surface area contributed by atoms with E-state index in [-0.39, 0.29) is 6.03 Å². The Labute approximate surface area is 157 Å². The lowest BCUT2D eigenvalue weighted by Gasteiger charge is -2.15. The largest absolute Gasteiger partial charge is 0.497 e. The molecule has 6 heteroatoms. The molecule has 1 aliphatic heterocycles. The first-order chi connectivity index (χ1) is 13.2. The number of aryl methyl sites for hydroxylation is 1. The number of nitrogens with one attached hydrogen (secondary N) is 1. The highest BCUT2D eigenvalue weighted by atomic mass is 16.5. The Morgan fingerprint density at radius 1 is 1.22 bits per heavy atom. The van der Waals surface area contributed by atoms with E-state index in [1.807, 2.05) is 42.5 Å². The second kappa shape index (κ2) is 6.69. The maximum absolute atomic E-state index is 11.9. The van der Waals surface area contributed by atoms with E-state index >= 15 is 0 Å². The van der Waals surface area contributed by atoms with E-state index in [0.717, 1.165) is 40.1 Å². The molecule has 0 unspecified atom stereocenters. The average molecular weight is 360 g/mol. The number of rotatable bonds is 4. The molecule has 2 heterocycles. The van der Waals surface area contributed by atoms with Crippen LogP contribution in [0.25, 0.3) is 22.2 Å². The minimum Gasteiger partial charge on any atom is -0.497 e. The lowest BCUT2D eigenvalue weighted by Crippen LogP contribution is -2.27. The number of aromatic nitrogens is 1. The lowest BCUT2D eigenvalue weighted by molar-refractivity contribution is 0.252. The van der Waals surface area contributed by atoms with Gasteiger partial charge in [-0.1, -0.05) is 12.1 Å². The van der Waals surface area contributed by atoms with E-state index in [0.29, 0.717) is 18.7 Å². The molecule has 6 nitrogen and oxygen atoms in total. The summed E-state index contributed by atoms with van der Waals surface area (Å²) >= 11 is 0. The van der Waals surface area contributed by atoms with Crippen LogP contribution in [-0.4, -0.2) is 30.8 Å². The van der Waals surface area contributed by atoms with Crippen LogP contribution in [0, 0.1) is 11.3 Å². The van der Waals surface area contributed by atoms with Crippen molar-refractivity contribution in [1.82, 2.24) is 9.88 Å². The molecule has 27 heavy (non-hydrogen) atoms. The van der Waals surface area contributed by atoms with E-state index in [1.54, 1.807) is 12.0 Å². The third-order valence-corrected chi connectivity index (χ3v) is 5.01. The second-order valence-electron chi connectivity index (χ2n) is 6.39. The van der Waals surface area contributed by atoms with Gasteiger partial charge in [0.05, 0.1) is 23.9 Å². The number of fused-ring (bicyclic) bond motifs is 1. The Hall–Kier alpha value is -3.46. The predicted molar refractivity (Wildman–Crippen MR) is 105 cm³/mol. The average Bonchev–Trinajstić information content (AvgIpc) is 3.27. The van der Waals surface area contributed by atoms with Crippen LogP contribution in [0.3, 0.4) is 0 Å². The van der Waals surface area contributed by atoms with Gasteiger partial charge in [-0.15, -0.1) is 0 Å². The van der Waals surface area contributed by atoms with Gasteiger partial charge >= 0.3 is 6.03 Å². The molecule has 2 amide bonds. The van der Waals surface area contributed by atoms with Crippen LogP contribution < -0.4 is 15.0 Å². The second-order valence-corrected chi connectivity index (χ2v) is 6.39. The minimum absolute atomic E-state index is 0.0739. The van der Waals surface area contributed by atoms with Gasteiger partial charge in [0.2, 0.25) is 0 Å². The molecular weight excluding hydrogens is 340 g/mol. The fraction of sp³-hybridized carbons (Fsp3) is 0.238. The molecule has 0 atom stereocenters. The molecule has 2 aromatic carbocycles. The zero-order valence-electron chi connectivity index (χ0n) is 15.3. The van der Waals surface area contributed by atoms with Crippen LogP contribution in [0.5, 0.6) is 5.75 Å². The van der Waals surface area contributed by atoms with E-state index in [2.05, 4.69) is 22.9 Å². The van der Waals surface area contributed by atoms with Gasteiger partial charge in [-0.3, -0.25) is 4.90 Å². The molecule has 0 bridgehead atoms. The SMILES string of the molecule is CCn1c(-c2ccc(N3CCNC3=O)cc2)c(C#N)c2ccc(OC)cc21. The normalized spacial score (nSPS) is 13.7. The van der Waals surface area contributed by atoms with Crippen molar-refractivity contribution in [3.63, 3.8) is 0 Å². The molecule has 1 N–H and O–H groups in total. The topological polar surface area (TPSA) is 70.3 Å². The summed E-state index contributed by atoms with van der Waals surface area (Å²) in [6.07, 6.45) is 0. The smallest absolute Gasteiger partial charge is 0.321 e. The van der Waals surface area contributed by atoms with E-state index in [4.69, 9.17) is 4.74 Å². The summed E-state index contributed by atoms with van der Waals surface area (Å²) in [6, 6.07) is 15.9. The van der Waals surface area contributed by atoms with Crippen molar-refractivity contribution in [2.45, 2.75) is 13.5 Å². The van der Waals surface area contributed by atoms with Crippen molar-refractivity contribution >= 4 is 22.6 Å². The van der Waals surface area contributed by atoms with Crippen molar-refractivity contribution in [2.24, 2.45) is 0 Å². The van der Waals surface area contributed by atoms with Gasteiger partial charge in [-0.25, -0.2) is 4.79 Å². The van der Waals surface area contributed by atoms with Crippen LogP contribution in [0.1, 0.15) is 12.5 Å². The summed E-state index contributed by atoms with van der Waals surface area (Å²) in [5.74, 6) is 0.765. The van der Waals surface area contributed by atoms with E-state index < -0.39 is 0 Å². The van der Waals surface area contributed by atoms with Crippen molar-refractivity contribution in [1.29, 1.82) is 5.26 Å². The molecule has 3 aromatic rings. The number of carbonyl (C=O) groups is 1. The maximum Gasteiger partial charge on any atom is 0.321 e. The highest BCUT2D eigenvalue weighted by Crippen LogP contribution is 2.36. The molecule has 1 fully saturated rings. The third kappa shape index (κ3) is 2.68. The zero-order chi connectivity index (χ0) is 19.0. The highest BCUT2D eigenvalue weighted by molar-refractivity contribution is 5.96. The van der Waals surface area contributed by atoms with Gasteiger partial charge in [-0.05, 0) is 36.8 Å². The summed E-state index contributed by atoms with van der Waals surface area (Å²) in [5.41, 5.74) is 4.33. The lowest BCUT2D eigenvalue weighted by atomic mass is 10.1. The highest BCUT2D eigenvalue weighted by Gasteiger charge is 2.22. The zero-order valence-corrected chi connectivity index (χ0v) is 15.3. The standard InChI is InChI=1S/C21H20N4O2/c1-3-24-19-12-16(27-2)8-9-17(19)18(13-22)20(24)14-4-6-15(7-5-14)25-11-10-23-21(25)26/h4-9,12H,3,10-11H2,1-2H3,(H,23,26). The molecule has 0 spiro atoms. The van der Waals surface area contributed by atoms with Gasteiger partial charge < -0.3 is 14.6 Å². The number of nitrogens with zero attached hydrogens (tertiary/aromatic N) is 3. The van der Waals surface area contributed by atoms with Gasteiger partial charge in [0, 0.05) is 36.8 Å². The number of hydrogen-bond acceptors (Lipinski definition) is 3. The fourth-order valence-corrected chi connectivity index (χ4v) is 3.72. The first kappa shape index (κ1) is 17.0. The number of benzene rings is 2. The summed E-state index contributed by atoms with van der Waals surface area (Å²) < 4.78 is 7.49. The van der Waals surface area contributed by atoms with Crippen molar-refractivity contribution in [3.05, 3.63) is 48.0 Å². The quantitative estimate of drug-likeness (QED) is 0.770. The maximum atomic E-state index is 11.9. The number of amides is 2. The van der Waals surface area contributed by atoms with Crippen LogP contribution in [-0.2, 0) is 6.54 Å². The van der Waals surface area contributed by atoms with Crippen LogP contribution in [0.4, 0.5) is 10.5 Å². The molecule has 1 aromatic heterocycles. The van der Waals surface area contributed by atoms with Gasteiger partial charge in [-0.2, -0.15) is 5.26 Å². The molecule has 136 valence electrons. The number of anilines is 1. The number of urea groups is 1. The number of methoxy groups -OCH3 is 1. The van der Waals surface area contributed by atoms with Crippen LogP contribution in [0.15, 0.2) is 42.5 Å². The number of ether oxygens (including phenoxy) is 1. The van der Waals surface area contributed by atoms with Crippen molar-refractivity contribution in [3.8, 4) is 23.1 Å². The predicted octanol–water partition coefficient (Wildman–Crippen LogP) is 3.74. The summed E-state index contributed by atoms with van der Waals surface area (Å²) in [7, 11) is 1.64. The Balaban J connectivity index is 1.85. The molecule has 1 aliphatic rings. The summed E-state index contributed by atoms with van der Waals surface area (Å²) in [6.45, 7) is 4.12. The summed E-state index contributed by atoms with van der Waals surface area (Å²) in [4.78, 5) is 13.6. The van der Waals surface area contributed by atoms with Gasteiger partial charge in [0.1, 0.15) is 11.8 Å². The Bertz CT molecular complexity index is 1060. The molecule has 0 saturated carbocycles. The molecule has 0 radical (unpaired) electrons. The number of carbonyl (C=O) groups excluding carboxylic acids is 1. The Morgan fingerprint density at radius 2 is 2.00 bits per heavy atom. The van der Waals surface area contributed by atoms with Crippen LogP contribution >= 0.6 is 0 Å². The molecule has 1 saturated heterocycles. The molecule has 4 rings (SSSR count). The van der Waals surface area contributed by atoms with Gasteiger partial charge in [0.15, 0.2) is 0 Å². The monoisotopic (exact) mass is 360 g/mol. The fourth-order valence-electron chi connectivity index (χ4n) is 3.72. The molecule has 0 aliphatic carbocycles. The number of nitriles is 1. The first-order valence-corrected chi connectivity index (χ1v) is 8.94. The van der Waals surface area contributed by atoms with Crippen molar-refractivity contribution in [2.75, 3.05) is 25.1 Å². The summed E-state index contributed by atoms with van der Waals surface area (Å²) in [5, 5.41) is 13.5. The number of hydrogen-bond donors (Lipinski definition) is 1. The third-order valence-electron chi connectivity index (χ3n) is 5.01. The van der Waals surface area contributed by atoms with Crippen molar-refractivity contribution < 1.29 is 9.53 Å². The first-order valence-electron chi connectivity index (χ1n) is 8.94. The van der Waals surface area contributed by atoms with E-state index in [9.17, 15) is 10.1 Å². The Morgan fingerprint density at radius 3 is 2.59 bits per heavy atom. The van der Waals surface area contributed by atoms with E-state index in [1.165, 1.54) is 0 Å². The van der Waals surface area contributed by atoms with Gasteiger partial charge in [0.25, 0.3) is 0 Å². The Kier molecular flexibility index (Phi) is 4.21.